The van der Waals surface area contributed by atoms with E-state index in [0.29, 0.717) is 12.5 Å². The summed E-state index contributed by atoms with van der Waals surface area (Å²) in [6.07, 6.45) is 8.44. The van der Waals surface area contributed by atoms with E-state index in [1.165, 1.54) is 19.3 Å². The lowest BCUT2D eigenvalue weighted by Crippen LogP contribution is -2.44. The zero-order valence-corrected chi connectivity index (χ0v) is 10.5. The van der Waals surface area contributed by atoms with E-state index in [2.05, 4.69) is 11.9 Å². The highest BCUT2D eigenvalue weighted by Crippen LogP contribution is 2.37. The second kappa shape index (κ2) is 5.03. The highest BCUT2D eigenvalue weighted by molar-refractivity contribution is 4.93. The quantitative estimate of drug-likeness (QED) is 0.744. The van der Waals surface area contributed by atoms with Crippen molar-refractivity contribution in [1.82, 2.24) is 4.90 Å². The number of hydrogen-bond acceptors (Lipinski definition) is 3. The van der Waals surface area contributed by atoms with Crippen LogP contribution < -0.4 is 5.73 Å². The highest BCUT2D eigenvalue weighted by atomic mass is 16.3. The second-order valence-corrected chi connectivity index (χ2v) is 5.75. The van der Waals surface area contributed by atoms with Gasteiger partial charge in [0.25, 0.3) is 0 Å². The molecule has 0 aliphatic heterocycles. The van der Waals surface area contributed by atoms with E-state index >= 15 is 0 Å². The molecule has 0 aromatic carbocycles. The number of nitrogens with zero attached hydrogens (tertiary/aromatic N) is 1. The predicted octanol–water partition coefficient (Wildman–Crippen LogP) is 1.35. The van der Waals surface area contributed by atoms with E-state index in [1.54, 1.807) is 0 Å². The van der Waals surface area contributed by atoms with Gasteiger partial charge < -0.3 is 15.7 Å². The summed E-state index contributed by atoms with van der Waals surface area (Å²) in [5.41, 5.74) is 5.14. The van der Waals surface area contributed by atoms with Crippen LogP contribution in [0.25, 0.3) is 0 Å². The molecule has 2 saturated carbocycles. The van der Waals surface area contributed by atoms with Gasteiger partial charge in [-0.25, -0.2) is 0 Å². The highest BCUT2D eigenvalue weighted by Gasteiger charge is 2.39. The van der Waals surface area contributed by atoms with E-state index in [9.17, 15) is 5.11 Å². The van der Waals surface area contributed by atoms with E-state index in [1.807, 2.05) is 0 Å². The van der Waals surface area contributed by atoms with Gasteiger partial charge in [0.1, 0.15) is 0 Å². The fraction of sp³-hybridized carbons (Fsp3) is 1.00. The van der Waals surface area contributed by atoms with E-state index in [0.717, 1.165) is 38.3 Å². The minimum Gasteiger partial charge on any atom is -0.388 e. The first-order chi connectivity index (χ1) is 7.65. The van der Waals surface area contributed by atoms with Crippen molar-refractivity contribution in [3.8, 4) is 0 Å². The first-order valence-electron chi connectivity index (χ1n) is 6.78. The Balaban J connectivity index is 1.76. The molecule has 0 heterocycles. The molecular weight excluding hydrogens is 200 g/mol. The van der Waals surface area contributed by atoms with Crippen LogP contribution in [0.1, 0.15) is 44.9 Å². The molecule has 2 rings (SSSR count). The fourth-order valence-electron chi connectivity index (χ4n) is 3.18. The number of aliphatic hydroxyl groups is 1. The van der Waals surface area contributed by atoms with Gasteiger partial charge in [-0.15, -0.1) is 0 Å². The van der Waals surface area contributed by atoms with Gasteiger partial charge in [-0.1, -0.05) is 12.8 Å². The van der Waals surface area contributed by atoms with E-state index in [-0.39, 0.29) is 0 Å². The molecule has 0 amide bonds. The van der Waals surface area contributed by atoms with Crippen LogP contribution in [0.5, 0.6) is 0 Å². The third-order valence-corrected chi connectivity index (χ3v) is 4.80. The van der Waals surface area contributed by atoms with Crippen LogP contribution in [0.3, 0.4) is 0 Å². The monoisotopic (exact) mass is 226 g/mol. The van der Waals surface area contributed by atoms with Crippen molar-refractivity contribution >= 4 is 0 Å². The number of rotatable bonds is 5. The molecule has 0 bridgehead atoms. The van der Waals surface area contributed by atoms with Crippen LogP contribution in [-0.4, -0.2) is 41.8 Å². The summed E-state index contributed by atoms with van der Waals surface area (Å²) in [7, 11) is 2.22. The third-order valence-electron chi connectivity index (χ3n) is 4.80. The molecule has 2 unspecified atom stereocenters. The van der Waals surface area contributed by atoms with Crippen LogP contribution in [0.4, 0.5) is 0 Å². The molecule has 3 N–H and O–H groups in total. The summed E-state index contributed by atoms with van der Waals surface area (Å²) in [4.78, 5) is 2.47. The molecule has 2 fully saturated rings. The van der Waals surface area contributed by atoms with Crippen molar-refractivity contribution in [3.63, 3.8) is 0 Å². The molecule has 0 aromatic rings. The lowest BCUT2D eigenvalue weighted by molar-refractivity contribution is 0.00258. The van der Waals surface area contributed by atoms with Gasteiger partial charge in [0.15, 0.2) is 0 Å². The maximum atomic E-state index is 10.3. The molecule has 3 heteroatoms. The van der Waals surface area contributed by atoms with Crippen molar-refractivity contribution in [2.45, 2.75) is 56.6 Å². The molecule has 0 spiro atoms. The maximum Gasteiger partial charge on any atom is 0.0797 e. The Kier molecular flexibility index (Phi) is 3.88. The summed E-state index contributed by atoms with van der Waals surface area (Å²) in [5, 5.41) is 10.3. The van der Waals surface area contributed by atoms with Crippen molar-refractivity contribution in [2.75, 3.05) is 20.1 Å². The first-order valence-corrected chi connectivity index (χ1v) is 6.78. The van der Waals surface area contributed by atoms with Crippen LogP contribution in [0.15, 0.2) is 0 Å². The average Bonchev–Trinajstić information content (AvgIpc) is 2.55. The predicted molar refractivity (Wildman–Crippen MR) is 66.2 cm³/mol. The molecule has 0 aromatic heterocycles. The minimum atomic E-state index is -0.555. The molecular formula is C13H26N2O. The molecule has 2 aliphatic rings. The Morgan fingerprint density at radius 3 is 2.62 bits per heavy atom. The summed E-state index contributed by atoms with van der Waals surface area (Å²) in [6.45, 7) is 1.56. The van der Waals surface area contributed by atoms with E-state index < -0.39 is 5.60 Å². The maximum absolute atomic E-state index is 10.3. The fourth-order valence-corrected chi connectivity index (χ4v) is 3.18. The van der Waals surface area contributed by atoms with Crippen LogP contribution in [0, 0.1) is 5.92 Å². The van der Waals surface area contributed by atoms with E-state index in [4.69, 9.17) is 5.73 Å². The van der Waals surface area contributed by atoms with Gasteiger partial charge in [-0.05, 0) is 51.6 Å². The normalized spacial score (nSPS) is 35.6. The van der Waals surface area contributed by atoms with Crippen LogP contribution in [0.2, 0.25) is 0 Å². The Hall–Kier alpha value is -0.120. The van der Waals surface area contributed by atoms with Crippen LogP contribution in [-0.2, 0) is 0 Å². The molecule has 2 atom stereocenters. The summed E-state index contributed by atoms with van der Waals surface area (Å²) < 4.78 is 0. The molecule has 0 saturated heterocycles. The molecule has 3 nitrogen and oxygen atoms in total. The Morgan fingerprint density at radius 2 is 2.06 bits per heavy atom. The second-order valence-electron chi connectivity index (χ2n) is 5.75. The number of nitrogens with two attached hydrogens (primary N) is 1. The van der Waals surface area contributed by atoms with Crippen molar-refractivity contribution in [3.05, 3.63) is 0 Å². The van der Waals surface area contributed by atoms with Crippen LogP contribution >= 0.6 is 0 Å². The molecule has 2 aliphatic carbocycles. The molecule has 0 radical (unpaired) electrons. The Labute approximate surface area is 99.0 Å². The zero-order valence-electron chi connectivity index (χ0n) is 10.5. The summed E-state index contributed by atoms with van der Waals surface area (Å²) in [6, 6.07) is 0.812. The Morgan fingerprint density at radius 1 is 1.31 bits per heavy atom. The lowest BCUT2D eigenvalue weighted by Gasteiger charge is -2.36. The standard InChI is InChI=1S/C13H26N2O/c1-15(12-5-2-6-12)9-7-11-4-3-8-13(11,16)10-14/h11-12,16H,2-10,14H2,1H3. The van der Waals surface area contributed by atoms with Gasteiger partial charge >= 0.3 is 0 Å². The van der Waals surface area contributed by atoms with Crippen molar-refractivity contribution < 1.29 is 5.11 Å². The largest absolute Gasteiger partial charge is 0.388 e. The van der Waals surface area contributed by atoms with Crippen molar-refractivity contribution in [1.29, 1.82) is 0 Å². The number of hydrogen-bond donors (Lipinski definition) is 2. The molecule has 16 heavy (non-hydrogen) atoms. The van der Waals surface area contributed by atoms with Gasteiger partial charge in [0.2, 0.25) is 0 Å². The zero-order chi connectivity index (χ0) is 11.6. The summed E-state index contributed by atoms with van der Waals surface area (Å²) >= 11 is 0. The summed E-state index contributed by atoms with van der Waals surface area (Å²) in [5.74, 6) is 0.431. The first kappa shape index (κ1) is 12.3. The van der Waals surface area contributed by atoms with Gasteiger partial charge in [-0.3, -0.25) is 0 Å². The SMILES string of the molecule is CN(CCC1CCCC1(O)CN)C1CCC1. The Bertz CT molecular complexity index is 230. The minimum absolute atomic E-state index is 0.431. The topological polar surface area (TPSA) is 49.5 Å². The smallest absolute Gasteiger partial charge is 0.0797 e. The van der Waals surface area contributed by atoms with Gasteiger partial charge in [-0.2, -0.15) is 0 Å². The lowest BCUT2D eigenvalue weighted by atomic mass is 9.87. The van der Waals surface area contributed by atoms with Crippen molar-refractivity contribution in [2.24, 2.45) is 11.7 Å². The van der Waals surface area contributed by atoms with Gasteiger partial charge in [0.05, 0.1) is 5.60 Å². The van der Waals surface area contributed by atoms with Gasteiger partial charge in [0, 0.05) is 12.6 Å². The molecule has 94 valence electrons. The third kappa shape index (κ3) is 2.41. The average molecular weight is 226 g/mol.